The van der Waals surface area contributed by atoms with Crippen molar-refractivity contribution in [3.05, 3.63) is 93.2 Å². The Bertz CT molecular complexity index is 985. The lowest BCUT2D eigenvalue weighted by Crippen LogP contribution is -2.37. The van der Waals surface area contributed by atoms with Crippen LogP contribution in [0.5, 0.6) is 0 Å². The van der Waals surface area contributed by atoms with E-state index in [1.165, 1.54) is 11.1 Å². The molecule has 0 atom stereocenters. The van der Waals surface area contributed by atoms with Gasteiger partial charge in [0.1, 0.15) is 0 Å². The summed E-state index contributed by atoms with van der Waals surface area (Å²) in [4.78, 5) is 16.8. The van der Waals surface area contributed by atoms with Gasteiger partial charge in [-0.2, -0.15) is 0 Å². The molecule has 0 aliphatic carbocycles. The molecule has 3 aromatic rings. The highest BCUT2D eigenvalue weighted by Gasteiger charge is 2.25. The molecule has 2 aromatic carbocycles. The highest BCUT2D eigenvalue weighted by atomic mass is 32.1. The Morgan fingerprint density at radius 3 is 2.55 bits per heavy atom. The molecule has 3 nitrogen and oxygen atoms in total. The van der Waals surface area contributed by atoms with E-state index in [1.807, 2.05) is 35.2 Å². The Labute approximate surface area is 176 Å². The Morgan fingerprint density at radius 1 is 1.00 bits per heavy atom. The zero-order chi connectivity index (χ0) is 20.1. The van der Waals surface area contributed by atoms with Crippen molar-refractivity contribution in [3.8, 4) is 0 Å². The number of thiophene rings is 1. The fraction of sp³-hybridized carbons (Fsp3) is 0.240. The Balaban J connectivity index is 1.36. The number of piperidine rings is 1. The number of likely N-dealkylation sites (tertiary alicyclic amines) is 1. The maximum atomic E-state index is 12.9. The molecule has 2 N–H and O–H groups in total. The lowest BCUT2D eigenvalue weighted by molar-refractivity contribution is 0.0718. The zero-order valence-corrected chi connectivity index (χ0v) is 17.3. The molecule has 1 amide bonds. The number of rotatable bonds is 5. The molecule has 0 saturated carbocycles. The van der Waals surface area contributed by atoms with Crippen LogP contribution in [0.2, 0.25) is 0 Å². The summed E-state index contributed by atoms with van der Waals surface area (Å²) in [6, 6.07) is 22.8. The van der Waals surface area contributed by atoms with E-state index in [-0.39, 0.29) is 5.91 Å². The fourth-order valence-electron chi connectivity index (χ4n) is 3.85. The minimum atomic E-state index is 0.156. The first kappa shape index (κ1) is 19.6. The van der Waals surface area contributed by atoms with Crippen molar-refractivity contribution in [1.29, 1.82) is 0 Å². The molecule has 2 heterocycles. The number of carbonyl (C=O) groups is 1. The average Bonchev–Trinajstić information content (AvgIpc) is 3.27. The van der Waals surface area contributed by atoms with Gasteiger partial charge >= 0.3 is 0 Å². The first-order chi connectivity index (χ1) is 14.2. The minimum Gasteiger partial charge on any atom is -0.338 e. The molecular weight excluding hydrogens is 376 g/mol. The molecule has 0 unspecified atom stereocenters. The lowest BCUT2D eigenvalue weighted by Gasteiger charge is -2.32. The first-order valence-electron chi connectivity index (χ1n) is 10.1. The first-order valence-corrected chi connectivity index (χ1v) is 11.0. The third-order valence-electron chi connectivity index (χ3n) is 5.52. The van der Waals surface area contributed by atoms with Gasteiger partial charge < -0.3 is 10.6 Å². The predicted octanol–water partition coefficient (Wildman–Crippen LogP) is 5.40. The molecule has 4 rings (SSSR count). The summed E-state index contributed by atoms with van der Waals surface area (Å²) < 4.78 is 0. The van der Waals surface area contributed by atoms with E-state index in [0.717, 1.165) is 41.2 Å². The van der Waals surface area contributed by atoms with E-state index in [0.29, 0.717) is 12.5 Å². The van der Waals surface area contributed by atoms with E-state index in [2.05, 4.69) is 48.6 Å². The topological polar surface area (TPSA) is 46.3 Å². The van der Waals surface area contributed by atoms with E-state index >= 15 is 0 Å². The fourth-order valence-corrected chi connectivity index (χ4v) is 4.72. The van der Waals surface area contributed by atoms with Gasteiger partial charge in [-0.25, -0.2) is 0 Å². The maximum Gasteiger partial charge on any atom is 0.263 e. The molecule has 0 bridgehead atoms. The molecule has 1 aromatic heterocycles. The number of amides is 1. The second-order valence-electron chi connectivity index (χ2n) is 7.46. The number of nitrogens with two attached hydrogens (primary N) is 1. The Kier molecular flexibility index (Phi) is 6.23. The van der Waals surface area contributed by atoms with Crippen molar-refractivity contribution in [1.82, 2.24) is 4.90 Å². The van der Waals surface area contributed by atoms with Crippen molar-refractivity contribution < 1.29 is 4.79 Å². The van der Waals surface area contributed by atoms with Crippen LogP contribution in [0.1, 0.15) is 50.0 Å². The van der Waals surface area contributed by atoms with Crippen LogP contribution in [0, 0.1) is 0 Å². The van der Waals surface area contributed by atoms with Gasteiger partial charge in [-0.05, 0) is 53.7 Å². The maximum absolute atomic E-state index is 12.9. The molecule has 0 radical (unpaired) electrons. The summed E-state index contributed by atoms with van der Waals surface area (Å²) in [5.74, 6) is 0.668. The highest BCUT2D eigenvalue weighted by Crippen LogP contribution is 2.30. The zero-order valence-electron chi connectivity index (χ0n) is 16.5. The van der Waals surface area contributed by atoms with Gasteiger partial charge in [0, 0.05) is 24.5 Å². The lowest BCUT2D eigenvalue weighted by atomic mass is 9.88. The number of nitrogens with zero attached hydrogens (tertiary/aromatic N) is 1. The highest BCUT2D eigenvalue weighted by molar-refractivity contribution is 7.14. The standard InChI is InChI=1S/C25H26N2OS/c26-18-20-7-4-8-22(17-20)21-13-15-27(16-14-21)25(28)24-12-11-23(29-24)10-9-19-5-2-1-3-6-19/h1-12,17,21H,13-16,18,26H2. The molecule has 1 saturated heterocycles. The predicted molar refractivity (Wildman–Crippen MR) is 122 cm³/mol. The Hall–Kier alpha value is -2.69. The van der Waals surface area contributed by atoms with Crippen molar-refractivity contribution in [2.24, 2.45) is 5.73 Å². The van der Waals surface area contributed by atoms with Gasteiger partial charge in [0.2, 0.25) is 0 Å². The molecule has 1 fully saturated rings. The van der Waals surface area contributed by atoms with Gasteiger partial charge in [0.15, 0.2) is 0 Å². The largest absolute Gasteiger partial charge is 0.338 e. The minimum absolute atomic E-state index is 0.156. The van der Waals surface area contributed by atoms with Crippen LogP contribution in [0.25, 0.3) is 12.2 Å². The van der Waals surface area contributed by atoms with Crippen LogP contribution in [-0.4, -0.2) is 23.9 Å². The van der Waals surface area contributed by atoms with Gasteiger partial charge in [-0.1, -0.05) is 60.7 Å². The summed E-state index contributed by atoms with van der Waals surface area (Å²) in [6.07, 6.45) is 6.17. The van der Waals surface area contributed by atoms with Crippen molar-refractivity contribution in [3.63, 3.8) is 0 Å². The average molecular weight is 403 g/mol. The third kappa shape index (κ3) is 4.84. The molecule has 4 heteroatoms. The second kappa shape index (κ2) is 9.21. The quantitative estimate of drug-likeness (QED) is 0.621. The van der Waals surface area contributed by atoms with Crippen LogP contribution in [0.15, 0.2) is 66.7 Å². The van der Waals surface area contributed by atoms with Gasteiger partial charge in [0.25, 0.3) is 5.91 Å². The van der Waals surface area contributed by atoms with Crippen molar-refractivity contribution in [2.45, 2.75) is 25.3 Å². The van der Waals surface area contributed by atoms with Crippen LogP contribution >= 0.6 is 11.3 Å². The normalized spacial score (nSPS) is 15.1. The monoisotopic (exact) mass is 402 g/mol. The number of benzene rings is 2. The van der Waals surface area contributed by atoms with E-state index in [1.54, 1.807) is 11.3 Å². The van der Waals surface area contributed by atoms with Gasteiger partial charge in [0.05, 0.1) is 4.88 Å². The molecule has 0 spiro atoms. The van der Waals surface area contributed by atoms with Crippen LogP contribution in [0.3, 0.4) is 0 Å². The Morgan fingerprint density at radius 2 is 1.79 bits per heavy atom. The molecule has 29 heavy (non-hydrogen) atoms. The van der Waals surface area contributed by atoms with Crippen molar-refractivity contribution >= 4 is 29.4 Å². The van der Waals surface area contributed by atoms with Crippen molar-refractivity contribution in [2.75, 3.05) is 13.1 Å². The van der Waals surface area contributed by atoms with Crippen LogP contribution < -0.4 is 5.73 Å². The van der Waals surface area contributed by atoms with Gasteiger partial charge in [-0.15, -0.1) is 11.3 Å². The summed E-state index contributed by atoms with van der Waals surface area (Å²) >= 11 is 1.56. The molecule has 148 valence electrons. The van der Waals surface area contributed by atoms with Crippen LogP contribution in [-0.2, 0) is 6.54 Å². The van der Waals surface area contributed by atoms with E-state index in [4.69, 9.17) is 5.73 Å². The molecular formula is C25H26N2OS. The smallest absolute Gasteiger partial charge is 0.263 e. The van der Waals surface area contributed by atoms with E-state index < -0.39 is 0 Å². The molecule has 1 aliphatic rings. The summed E-state index contributed by atoms with van der Waals surface area (Å²) in [5, 5.41) is 0. The van der Waals surface area contributed by atoms with Crippen LogP contribution in [0.4, 0.5) is 0 Å². The van der Waals surface area contributed by atoms with Gasteiger partial charge in [-0.3, -0.25) is 4.79 Å². The second-order valence-corrected chi connectivity index (χ2v) is 8.58. The number of hydrogen-bond donors (Lipinski definition) is 1. The number of hydrogen-bond acceptors (Lipinski definition) is 3. The number of carbonyl (C=O) groups excluding carboxylic acids is 1. The SMILES string of the molecule is NCc1cccc(C2CCN(C(=O)c3ccc(C=Cc4ccccc4)s3)CC2)c1. The summed E-state index contributed by atoms with van der Waals surface area (Å²) in [5.41, 5.74) is 9.46. The third-order valence-corrected chi connectivity index (χ3v) is 6.56. The summed E-state index contributed by atoms with van der Waals surface area (Å²) in [6.45, 7) is 2.19. The molecule has 1 aliphatic heterocycles. The van der Waals surface area contributed by atoms with E-state index in [9.17, 15) is 4.79 Å². The summed E-state index contributed by atoms with van der Waals surface area (Å²) in [7, 11) is 0.